The number of halogens is 2. The first kappa shape index (κ1) is 11.4. The van der Waals surface area contributed by atoms with Crippen molar-refractivity contribution >= 4 is 38.9 Å². The van der Waals surface area contributed by atoms with Crippen molar-refractivity contribution in [3.05, 3.63) is 28.0 Å². The lowest BCUT2D eigenvalue weighted by Gasteiger charge is -1.94. The van der Waals surface area contributed by atoms with Gasteiger partial charge < -0.3 is 9.52 Å². The van der Waals surface area contributed by atoms with Crippen LogP contribution < -0.4 is 5.32 Å². The van der Waals surface area contributed by atoms with Crippen LogP contribution in [-0.4, -0.2) is 11.2 Å². The molecule has 0 atom stereocenters. The summed E-state index contributed by atoms with van der Waals surface area (Å²) in [4.78, 5) is 10.5. The first-order valence-electron chi connectivity index (χ1n) is 4.35. The Balaban J connectivity index is 2.80. The standard InChI is InChI=1S/C10H4BrFN2O3/c11-5-1-2-6(12)8-7(5)4(3-13)9(17-8)14-10(15)16/h1-2,14H,(H,15,16). The highest BCUT2D eigenvalue weighted by Crippen LogP contribution is 2.36. The van der Waals surface area contributed by atoms with Crippen molar-refractivity contribution in [3.63, 3.8) is 0 Å². The number of nitrogens with one attached hydrogen (secondary N) is 1. The van der Waals surface area contributed by atoms with Crippen molar-refractivity contribution < 1.29 is 18.7 Å². The van der Waals surface area contributed by atoms with Gasteiger partial charge in [-0.05, 0) is 28.1 Å². The molecule has 0 unspecified atom stereocenters. The molecular formula is C10H4BrFN2O3. The molecule has 0 aliphatic rings. The van der Waals surface area contributed by atoms with E-state index in [2.05, 4.69) is 15.9 Å². The van der Waals surface area contributed by atoms with E-state index in [1.54, 1.807) is 6.07 Å². The molecule has 1 aromatic carbocycles. The zero-order chi connectivity index (χ0) is 12.6. The second-order valence-corrected chi connectivity index (χ2v) is 3.94. The minimum absolute atomic E-state index is 0.0613. The molecule has 1 amide bonds. The van der Waals surface area contributed by atoms with Crippen molar-refractivity contribution in [2.24, 2.45) is 0 Å². The molecule has 0 spiro atoms. The maximum atomic E-state index is 13.4. The van der Waals surface area contributed by atoms with Gasteiger partial charge in [0.25, 0.3) is 0 Å². The Morgan fingerprint density at radius 3 is 2.88 bits per heavy atom. The third-order valence-corrected chi connectivity index (χ3v) is 2.73. The van der Waals surface area contributed by atoms with Crippen LogP contribution in [0.4, 0.5) is 15.1 Å². The van der Waals surface area contributed by atoms with Crippen LogP contribution in [0, 0.1) is 17.1 Å². The van der Waals surface area contributed by atoms with Gasteiger partial charge in [-0.25, -0.2) is 9.18 Å². The fourth-order valence-electron chi connectivity index (χ4n) is 1.42. The molecule has 1 aromatic heterocycles. The predicted octanol–water partition coefficient (Wildman–Crippen LogP) is 3.30. The number of anilines is 1. The van der Waals surface area contributed by atoms with E-state index in [0.29, 0.717) is 4.47 Å². The highest BCUT2D eigenvalue weighted by atomic mass is 79.9. The largest absolute Gasteiger partial charge is 0.465 e. The zero-order valence-corrected chi connectivity index (χ0v) is 9.71. The second-order valence-electron chi connectivity index (χ2n) is 3.08. The number of carbonyl (C=O) groups is 1. The number of hydrogen-bond acceptors (Lipinski definition) is 3. The van der Waals surface area contributed by atoms with Crippen LogP contribution in [0.3, 0.4) is 0 Å². The summed E-state index contributed by atoms with van der Waals surface area (Å²) in [7, 11) is 0. The molecule has 0 saturated carbocycles. The van der Waals surface area contributed by atoms with Crippen molar-refractivity contribution in [1.82, 2.24) is 0 Å². The molecule has 1 heterocycles. The van der Waals surface area contributed by atoms with Crippen LogP contribution in [0.15, 0.2) is 21.0 Å². The van der Waals surface area contributed by atoms with Crippen LogP contribution in [0.5, 0.6) is 0 Å². The lowest BCUT2D eigenvalue weighted by Crippen LogP contribution is -2.07. The topological polar surface area (TPSA) is 86.3 Å². The number of fused-ring (bicyclic) bond motifs is 1. The van der Waals surface area contributed by atoms with E-state index in [1.165, 1.54) is 6.07 Å². The Hall–Kier alpha value is -2.07. The lowest BCUT2D eigenvalue weighted by molar-refractivity contribution is 0.209. The molecule has 0 saturated heterocycles. The smallest absolute Gasteiger partial charge is 0.411 e. The number of nitrogens with zero attached hydrogens (tertiary/aromatic N) is 1. The van der Waals surface area contributed by atoms with Gasteiger partial charge >= 0.3 is 6.09 Å². The zero-order valence-electron chi connectivity index (χ0n) is 8.12. The molecule has 2 aromatic rings. The van der Waals surface area contributed by atoms with E-state index < -0.39 is 11.9 Å². The van der Waals surface area contributed by atoms with Gasteiger partial charge in [0.2, 0.25) is 5.88 Å². The number of carboxylic acid groups (broad SMARTS) is 1. The van der Waals surface area contributed by atoms with Crippen LogP contribution in [-0.2, 0) is 0 Å². The molecule has 0 radical (unpaired) electrons. The number of amides is 1. The van der Waals surface area contributed by atoms with Gasteiger partial charge in [0.05, 0.1) is 5.39 Å². The average molecular weight is 299 g/mol. The van der Waals surface area contributed by atoms with E-state index in [1.807, 2.05) is 5.32 Å². The Kier molecular flexibility index (Phi) is 2.73. The highest BCUT2D eigenvalue weighted by molar-refractivity contribution is 9.10. The molecule has 0 fully saturated rings. The molecule has 7 heteroatoms. The Labute approximate surface area is 103 Å². The Morgan fingerprint density at radius 2 is 2.29 bits per heavy atom. The van der Waals surface area contributed by atoms with Crippen molar-refractivity contribution in [3.8, 4) is 6.07 Å². The minimum atomic E-state index is -1.39. The fraction of sp³-hybridized carbons (Fsp3) is 0. The summed E-state index contributed by atoms with van der Waals surface area (Å²) in [5.74, 6) is -0.959. The van der Waals surface area contributed by atoms with Gasteiger partial charge in [-0.3, -0.25) is 5.32 Å². The summed E-state index contributed by atoms with van der Waals surface area (Å²) in [5, 5.41) is 19.6. The normalized spacial score (nSPS) is 10.2. The van der Waals surface area contributed by atoms with E-state index >= 15 is 0 Å². The third-order valence-electron chi connectivity index (χ3n) is 2.07. The van der Waals surface area contributed by atoms with Gasteiger partial charge in [0, 0.05) is 4.47 Å². The number of benzene rings is 1. The minimum Gasteiger partial charge on any atom is -0.465 e. The van der Waals surface area contributed by atoms with Crippen molar-refractivity contribution in [1.29, 1.82) is 5.26 Å². The summed E-state index contributed by atoms with van der Waals surface area (Å²) in [6, 6.07) is 4.35. The van der Waals surface area contributed by atoms with Crippen LogP contribution in [0.1, 0.15) is 5.56 Å². The summed E-state index contributed by atoms with van der Waals surface area (Å²) in [6.45, 7) is 0. The number of furan rings is 1. The number of rotatable bonds is 1. The van der Waals surface area contributed by atoms with Crippen molar-refractivity contribution in [2.75, 3.05) is 5.32 Å². The van der Waals surface area contributed by atoms with Crippen LogP contribution in [0.25, 0.3) is 11.0 Å². The monoisotopic (exact) mass is 298 g/mol. The molecular weight excluding hydrogens is 295 g/mol. The summed E-state index contributed by atoms with van der Waals surface area (Å²) < 4.78 is 18.9. The Bertz CT molecular complexity index is 660. The number of hydrogen-bond donors (Lipinski definition) is 2. The van der Waals surface area contributed by atoms with Gasteiger partial charge in [0.15, 0.2) is 11.4 Å². The van der Waals surface area contributed by atoms with Gasteiger partial charge in [-0.15, -0.1) is 0 Å². The van der Waals surface area contributed by atoms with E-state index in [-0.39, 0.29) is 22.4 Å². The van der Waals surface area contributed by atoms with Crippen LogP contribution >= 0.6 is 15.9 Å². The van der Waals surface area contributed by atoms with Crippen molar-refractivity contribution in [2.45, 2.75) is 0 Å². The number of nitriles is 1. The first-order chi connectivity index (χ1) is 8.04. The molecule has 0 bridgehead atoms. The van der Waals surface area contributed by atoms with E-state index in [4.69, 9.17) is 14.8 Å². The Morgan fingerprint density at radius 1 is 1.59 bits per heavy atom. The third kappa shape index (κ3) is 1.83. The maximum Gasteiger partial charge on any atom is 0.411 e. The maximum absolute atomic E-state index is 13.4. The lowest BCUT2D eigenvalue weighted by atomic mass is 10.2. The second kappa shape index (κ2) is 4.07. The average Bonchev–Trinajstić information content (AvgIpc) is 2.62. The molecule has 2 N–H and O–H groups in total. The van der Waals surface area contributed by atoms with Crippen LogP contribution in [0.2, 0.25) is 0 Å². The quantitative estimate of drug-likeness (QED) is 0.846. The highest BCUT2D eigenvalue weighted by Gasteiger charge is 2.20. The van der Waals surface area contributed by atoms with Gasteiger partial charge in [-0.1, -0.05) is 0 Å². The SMILES string of the molecule is N#Cc1c(NC(=O)O)oc2c(F)ccc(Br)c12. The predicted molar refractivity (Wildman–Crippen MR) is 60.2 cm³/mol. The summed E-state index contributed by atoms with van der Waals surface area (Å²) in [5.41, 5.74) is -0.228. The first-order valence-corrected chi connectivity index (χ1v) is 5.14. The molecule has 17 heavy (non-hydrogen) atoms. The molecule has 86 valence electrons. The van der Waals surface area contributed by atoms with Gasteiger partial charge in [-0.2, -0.15) is 5.26 Å². The van der Waals surface area contributed by atoms with Gasteiger partial charge in [0.1, 0.15) is 11.6 Å². The molecule has 0 aliphatic carbocycles. The molecule has 5 nitrogen and oxygen atoms in total. The fourth-order valence-corrected chi connectivity index (χ4v) is 1.93. The molecule has 2 rings (SSSR count). The summed E-state index contributed by atoms with van der Waals surface area (Å²) >= 11 is 3.15. The molecule has 0 aliphatic heterocycles. The summed E-state index contributed by atoms with van der Waals surface area (Å²) in [6.07, 6.45) is -1.39. The van der Waals surface area contributed by atoms with E-state index in [0.717, 1.165) is 6.07 Å². The van der Waals surface area contributed by atoms with E-state index in [9.17, 15) is 9.18 Å².